The van der Waals surface area contributed by atoms with Crippen LogP contribution in [0.5, 0.6) is 0 Å². The molecular formula is C24H45NO5S. The van der Waals surface area contributed by atoms with Gasteiger partial charge in [-0.3, -0.25) is 14.4 Å². The van der Waals surface area contributed by atoms with Crippen molar-refractivity contribution in [3.63, 3.8) is 0 Å². The number of carbonyl (C=O) groups is 3. The molecule has 0 rings (SSSR count). The minimum absolute atomic E-state index is 0.109. The average Bonchev–Trinajstić information content (AvgIpc) is 2.56. The van der Waals surface area contributed by atoms with Crippen LogP contribution in [-0.4, -0.2) is 52.2 Å². The van der Waals surface area contributed by atoms with Gasteiger partial charge in [0, 0.05) is 22.6 Å². The topological polar surface area (TPSA) is 81.7 Å². The SMILES string of the molecule is CC(OC(C)(C)C)C(=O)C(C)C(C)(C)OC(CC(=O)NC(C)(C)CS)C(=O)C(C)(C)C. The van der Waals surface area contributed by atoms with E-state index in [1.165, 1.54) is 0 Å². The van der Waals surface area contributed by atoms with E-state index in [9.17, 15) is 14.4 Å². The molecule has 0 bridgehead atoms. The summed E-state index contributed by atoms with van der Waals surface area (Å²) in [6.07, 6.45) is -1.71. The second kappa shape index (κ2) is 10.8. The van der Waals surface area contributed by atoms with Gasteiger partial charge in [0.1, 0.15) is 12.2 Å². The third-order valence-electron chi connectivity index (χ3n) is 5.12. The molecule has 0 spiro atoms. The number of hydrogen-bond donors (Lipinski definition) is 2. The summed E-state index contributed by atoms with van der Waals surface area (Å²) in [5.41, 5.74) is -2.63. The lowest BCUT2D eigenvalue weighted by molar-refractivity contribution is -0.168. The van der Waals surface area contributed by atoms with E-state index in [4.69, 9.17) is 9.47 Å². The summed E-state index contributed by atoms with van der Waals surface area (Å²) >= 11 is 4.26. The maximum absolute atomic E-state index is 13.1. The minimum Gasteiger partial charge on any atom is -0.365 e. The monoisotopic (exact) mass is 459 g/mol. The van der Waals surface area contributed by atoms with Crippen molar-refractivity contribution in [1.82, 2.24) is 5.32 Å². The third kappa shape index (κ3) is 10.5. The Morgan fingerprint density at radius 1 is 0.871 bits per heavy atom. The Bertz CT molecular complexity index is 643. The number of amides is 1. The first-order chi connectivity index (χ1) is 13.6. The average molecular weight is 460 g/mol. The summed E-state index contributed by atoms with van der Waals surface area (Å²) in [5, 5.41) is 2.89. The molecule has 31 heavy (non-hydrogen) atoms. The lowest BCUT2D eigenvalue weighted by Crippen LogP contribution is -2.51. The molecule has 0 aliphatic heterocycles. The highest BCUT2D eigenvalue weighted by atomic mass is 32.1. The van der Waals surface area contributed by atoms with Crippen molar-refractivity contribution < 1.29 is 23.9 Å². The fourth-order valence-electron chi connectivity index (χ4n) is 3.06. The molecular weight excluding hydrogens is 414 g/mol. The summed E-state index contributed by atoms with van der Waals surface area (Å²) in [5.74, 6) is -0.668. The molecule has 0 aliphatic rings. The maximum atomic E-state index is 13.1. The Labute approximate surface area is 195 Å². The second-order valence-corrected chi connectivity index (χ2v) is 11.9. The van der Waals surface area contributed by atoms with Gasteiger partial charge >= 0.3 is 0 Å². The van der Waals surface area contributed by atoms with E-state index in [-0.39, 0.29) is 23.9 Å². The number of ketones is 2. The Morgan fingerprint density at radius 3 is 1.74 bits per heavy atom. The highest BCUT2D eigenvalue weighted by molar-refractivity contribution is 7.80. The van der Waals surface area contributed by atoms with Crippen molar-refractivity contribution in [2.75, 3.05) is 5.75 Å². The number of ether oxygens (including phenoxy) is 2. The molecule has 0 heterocycles. The van der Waals surface area contributed by atoms with Crippen LogP contribution in [0.4, 0.5) is 0 Å². The van der Waals surface area contributed by atoms with E-state index < -0.39 is 40.3 Å². The minimum atomic E-state index is -0.975. The van der Waals surface area contributed by atoms with Crippen LogP contribution in [0.3, 0.4) is 0 Å². The van der Waals surface area contributed by atoms with Gasteiger partial charge in [0.2, 0.25) is 5.91 Å². The lowest BCUT2D eigenvalue weighted by Gasteiger charge is -2.38. The predicted octanol–water partition coefficient (Wildman–Crippen LogP) is 4.39. The number of rotatable bonds is 11. The van der Waals surface area contributed by atoms with Crippen molar-refractivity contribution in [2.45, 2.75) is 118 Å². The molecule has 3 unspecified atom stereocenters. The van der Waals surface area contributed by atoms with Crippen LogP contribution in [0.1, 0.15) is 89.5 Å². The van der Waals surface area contributed by atoms with Crippen molar-refractivity contribution in [3.8, 4) is 0 Å². The maximum Gasteiger partial charge on any atom is 0.223 e. The molecule has 6 nitrogen and oxygen atoms in total. The highest BCUT2D eigenvalue weighted by Crippen LogP contribution is 2.30. The molecule has 0 fully saturated rings. The van der Waals surface area contributed by atoms with E-state index in [1.54, 1.807) is 48.5 Å². The van der Waals surface area contributed by atoms with Crippen LogP contribution >= 0.6 is 12.6 Å². The Balaban J connectivity index is 5.63. The molecule has 0 radical (unpaired) electrons. The predicted molar refractivity (Wildman–Crippen MR) is 129 cm³/mol. The van der Waals surface area contributed by atoms with Gasteiger partial charge in [0.05, 0.1) is 17.6 Å². The third-order valence-corrected chi connectivity index (χ3v) is 5.91. The number of nitrogens with one attached hydrogen (secondary N) is 1. The Kier molecular flexibility index (Phi) is 10.5. The fourth-order valence-corrected chi connectivity index (χ4v) is 3.14. The van der Waals surface area contributed by atoms with Gasteiger partial charge in [-0.05, 0) is 55.4 Å². The normalized spacial score (nSPS) is 16.4. The highest BCUT2D eigenvalue weighted by Gasteiger charge is 2.42. The van der Waals surface area contributed by atoms with E-state index in [0.717, 1.165) is 0 Å². The van der Waals surface area contributed by atoms with Gasteiger partial charge in [-0.2, -0.15) is 12.6 Å². The smallest absolute Gasteiger partial charge is 0.223 e. The van der Waals surface area contributed by atoms with Crippen LogP contribution in [0.25, 0.3) is 0 Å². The molecule has 0 aromatic heterocycles. The van der Waals surface area contributed by atoms with Crippen molar-refractivity contribution in [3.05, 3.63) is 0 Å². The first-order valence-electron chi connectivity index (χ1n) is 11.0. The summed E-state index contributed by atoms with van der Waals surface area (Å²) in [7, 11) is 0. The van der Waals surface area contributed by atoms with Gasteiger partial charge in [-0.25, -0.2) is 0 Å². The van der Waals surface area contributed by atoms with Crippen LogP contribution in [0, 0.1) is 11.3 Å². The zero-order chi connectivity index (χ0) is 25.0. The molecule has 3 atom stereocenters. The van der Waals surface area contributed by atoms with Crippen molar-refractivity contribution in [1.29, 1.82) is 0 Å². The number of Topliss-reactive ketones (excluding diaryl/α,β-unsaturated/α-hetero) is 2. The summed E-state index contributed by atoms with van der Waals surface area (Å²) in [4.78, 5) is 38.7. The van der Waals surface area contributed by atoms with Crippen molar-refractivity contribution >= 4 is 30.1 Å². The molecule has 0 saturated heterocycles. The van der Waals surface area contributed by atoms with Gasteiger partial charge < -0.3 is 14.8 Å². The molecule has 7 heteroatoms. The second-order valence-electron chi connectivity index (χ2n) is 11.6. The summed E-state index contributed by atoms with van der Waals surface area (Å²) < 4.78 is 12.0. The zero-order valence-electron chi connectivity index (χ0n) is 21.6. The first kappa shape index (κ1) is 30.1. The van der Waals surface area contributed by atoms with Gasteiger partial charge in [0.15, 0.2) is 11.6 Å². The standard InChI is InChI=1S/C24H45NO5S/c1-15(19(27)16(2)29-22(6,7)8)24(11,12)30-17(20(28)21(3,4)5)13-18(26)25-23(9,10)14-31/h15-17,31H,13-14H2,1-12H3,(H,25,26). The van der Waals surface area contributed by atoms with Crippen LogP contribution < -0.4 is 5.32 Å². The molecule has 1 N–H and O–H groups in total. The van der Waals surface area contributed by atoms with E-state index in [0.29, 0.717) is 5.75 Å². The fraction of sp³-hybridized carbons (Fsp3) is 0.875. The van der Waals surface area contributed by atoms with Crippen LogP contribution in [0.15, 0.2) is 0 Å². The van der Waals surface area contributed by atoms with Crippen molar-refractivity contribution in [2.24, 2.45) is 11.3 Å². The Morgan fingerprint density at radius 2 is 1.35 bits per heavy atom. The molecule has 1 amide bonds. The quantitative estimate of drug-likeness (QED) is 0.448. The largest absolute Gasteiger partial charge is 0.365 e. The number of hydrogen-bond acceptors (Lipinski definition) is 6. The van der Waals surface area contributed by atoms with Crippen LogP contribution in [-0.2, 0) is 23.9 Å². The van der Waals surface area contributed by atoms with E-state index in [2.05, 4.69) is 17.9 Å². The van der Waals surface area contributed by atoms with Gasteiger partial charge in [0.25, 0.3) is 0 Å². The van der Waals surface area contributed by atoms with E-state index in [1.807, 2.05) is 34.6 Å². The molecule has 182 valence electrons. The molecule has 0 aromatic rings. The lowest BCUT2D eigenvalue weighted by atomic mass is 9.83. The zero-order valence-corrected chi connectivity index (χ0v) is 22.5. The summed E-state index contributed by atoms with van der Waals surface area (Å²) in [6, 6.07) is 0. The van der Waals surface area contributed by atoms with Crippen LogP contribution in [0.2, 0.25) is 0 Å². The summed E-state index contributed by atoms with van der Waals surface area (Å²) in [6.45, 7) is 21.8. The first-order valence-corrected chi connectivity index (χ1v) is 11.6. The van der Waals surface area contributed by atoms with Gasteiger partial charge in [-0.1, -0.05) is 27.7 Å². The van der Waals surface area contributed by atoms with E-state index >= 15 is 0 Å². The molecule has 0 aromatic carbocycles. The Hall–Kier alpha value is -0.920. The molecule has 0 saturated carbocycles. The molecule has 0 aliphatic carbocycles. The van der Waals surface area contributed by atoms with Gasteiger partial charge in [-0.15, -0.1) is 0 Å². The number of thiol groups is 1. The number of carbonyl (C=O) groups excluding carboxylic acids is 3.